The van der Waals surface area contributed by atoms with Gasteiger partial charge in [-0.15, -0.1) is 11.8 Å². The maximum atomic E-state index is 12.5. The number of amides is 1. The van der Waals surface area contributed by atoms with Crippen LogP contribution in [-0.2, 0) is 5.75 Å². The van der Waals surface area contributed by atoms with E-state index in [1.807, 2.05) is 83.9 Å². The Balaban J connectivity index is 1.66. The minimum atomic E-state index is -0.107. The van der Waals surface area contributed by atoms with Crippen LogP contribution in [0.3, 0.4) is 0 Å². The molecule has 126 valence electrons. The van der Waals surface area contributed by atoms with Crippen LogP contribution < -0.4 is 10.4 Å². The summed E-state index contributed by atoms with van der Waals surface area (Å²) >= 11 is 1.76. The van der Waals surface area contributed by atoms with Crippen LogP contribution in [0.15, 0.2) is 91.0 Å². The molecule has 0 bridgehead atoms. The molecule has 1 amide bonds. The van der Waals surface area contributed by atoms with E-state index in [0.29, 0.717) is 11.4 Å². The zero-order chi connectivity index (χ0) is 17.3. The van der Waals surface area contributed by atoms with Crippen LogP contribution in [-0.4, -0.2) is 11.8 Å². The van der Waals surface area contributed by atoms with Crippen molar-refractivity contribution in [1.29, 1.82) is 0 Å². The summed E-state index contributed by atoms with van der Waals surface area (Å²) in [7, 11) is 0. The number of anilines is 1. The summed E-state index contributed by atoms with van der Waals surface area (Å²) in [6.07, 6.45) is 0. The molecular weight excluding hydrogens is 328 g/mol. The number of carbonyl (C=O) groups is 1. The van der Waals surface area contributed by atoms with Gasteiger partial charge in [-0.05, 0) is 29.8 Å². The molecule has 25 heavy (non-hydrogen) atoms. The van der Waals surface area contributed by atoms with Crippen molar-refractivity contribution < 1.29 is 4.79 Å². The first kappa shape index (κ1) is 17.1. The number of hydrogen-bond donors (Lipinski definition) is 1. The zero-order valence-corrected chi connectivity index (χ0v) is 14.7. The number of thioether (sulfide) groups is 1. The molecule has 0 atom stereocenters. The number of para-hydroxylation sites is 1. The van der Waals surface area contributed by atoms with E-state index in [0.717, 1.165) is 11.4 Å². The number of nitrogens with zero attached hydrogens (tertiary/aromatic N) is 1. The largest absolute Gasteiger partial charge is 0.275 e. The molecule has 0 aromatic heterocycles. The van der Waals surface area contributed by atoms with E-state index in [4.69, 9.17) is 0 Å². The lowest BCUT2D eigenvalue weighted by molar-refractivity contribution is 0.0951. The lowest BCUT2D eigenvalue weighted by atomic mass is 10.2. The molecule has 0 unspecified atom stereocenters. The highest BCUT2D eigenvalue weighted by molar-refractivity contribution is 7.98. The lowest BCUT2D eigenvalue weighted by Gasteiger charge is -2.25. The molecule has 0 radical (unpaired) electrons. The first-order chi connectivity index (χ1) is 12.3. The standard InChI is InChI=1S/C21H20N2OS/c24-21(19-12-6-2-7-13-19)22-23(20-14-8-3-9-15-20)17-25-16-18-10-4-1-5-11-18/h1-15H,16-17H2,(H,22,24). The fraction of sp³-hybridized carbons (Fsp3) is 0.0952. The second-order valence-corrected chi connectivity index (χ2v) is 6.49. The summed E-state index contributed by atoms with van der Waals surface area (Å²) in [5.74, 6) is 1.45. The number of carbonyl (C=O) groups excluding carboxylic acids is 1. The summed E-state index contributed by atoms with van der Waals surface area (Å²) < 4.78 is 0. The molecule has 0 aliphatic carbocycles. The third-order valence-corrected chi connectivity index (χ3v) is 4.65. The Labute approximate surface area is 152 Å². The van der Waals surface area contributed by atoms with Crippen molar-refractivity contribution in [2.75, 3.05) is 10.9 Å². The van der Waals surface area contributed by atoms with Gasteiger partial charge in [0, 0.05) is 11.3 Å². The molecule has 1 N–H and O–H groups in total. The van der Waals surface area contributed by atoms with Crippen LogP contribution in [0, 0.1) is 0 Å². The summed E-state index contributed by atoms with van der Waals surface area (Å²) in [4.78, 5) is 12.5. The number of hydrazine groups is 1. The number of benzene rings is 3. The van der Waals surface area contributed by atoms with Crippen molar-refractivity contribution in [2.45, 2.75) is 5.75 Å². The molecular formula is C21H20N2OS. The van der Waals surface area contributed by atoms with E-state index < -0.39 is 0 Å². The molecule has 0 aliphatic rings. The Morgan fingerprint density at radius 1 is 0.800 bits per heavy atom. The fourth-order valence-corrected chi connectivity index (χ4v) is 3.30. The Bertz CT molecular complexity index is 779. The minimum Gasteiger partial charge on any atom is -0.275 e. The van der Waals surface area contributed by atoms with Crippen LogP contribution in [0.1, 0.15) is 15.9 Å². The van der Waals surface area contributed by atoms with Crippen molar-refractivity contribution in [3.63, 3.8) is 0 Å². The molecule has 0 aliphatic heterocycles. The summed E-state index contributed by atoms with van der Waals surface area (Å²) in [6.45, 7) is 0. The molecule has 0 heterocycles. The van der Waals surface area contributed by atoms with Crippen LogP contribution in [0.2, 0.25) is 0 Å². The van der Waals surface area contributed by atoms with Crippen molar-refractivity contribution in [3.8, 4) is 0 Å². The molecule has 0 spiro atoms. The van der Waals surface area contributed by atoms with Crippen molar-refractivity contribution >= 4 is 23.4 Å². The number of rotatable bonds is 7. The van der Waals surface area contributed by atoms with Gasteiger partial charge >= 0.3 is 0 Å². The Morgan fingerprint density at radius 3 is 2.00 bits per heavy atom. The second-order valence-electron chi connectivity index (χ2n) is 5.53. The first-order valence-electron chi connectivity index (χ1n) is 8.13. The third-order valence-electron chi connectivity index (χ3n) is 3.67. The molecule has 0 saturated heterocycles. The van der Waals surface area contributed by atoms with Crippen molar-refractivity contribution in [3.05, 3.63) is 102 Å². The second kappa shape index (κ2) is 8.94. The first-order valence-corrected chi connectivity index (χ1v) is 9.29. The van der Waals surface area contributed by atoms with E-state index in [9.17, 15) is 4.79 Å². The van der Waals surface area contributed by atoms with Crippen LogP contribution in [0.5, 0.6) is 0 Å². The zero-order valence-electron chi connectivity index (χ0n) is 13.8. The molecule has 3 rings (SSSR count). The van der Waals surface area contributed by atoms with E-state index in [-0.39, 0.29) is 5.91 Å². The normalized spacial score (nSPS) is 10.2. The molecule has 0 fully saturated rings. The van der Waals surface area contributed by atoms with Gasteiger partial charge in [-0.25, -0.2) is 0 Å². The Morgan fingerprint density at radius 2 is 1.36 bits per heavy atom. The van der Waals surface area contributed by atoms with Crippen LogP contribution in [0.25, 0.3) is 0 Å². The fourth-order valence-electron chi connectivity index (χ4n) is 2.38. The quantitative estimate of drug-likeness (QED) is 0.495. The van der Waals surface area contributed by atoms with Gasteiger partial charge in [0.05, 0.1) is 11.6 Å². The van der Waals surface area contributed by atoms with E-state index >= 15 is 0 Å². The smallest absolute Gasteiger partial charge is 0.269 e. The van der Waals surface area contributed by atoms with Crippen LogP contribution in [0.4, 0.5) is 5.69 Å². The minimum absolute atomic E-state index is 0.107. The maximum absolute atomic E-state index is 12.5. The summed E-state index contributed by atoms with van der Waals surface area (Å²) in [5.41, 5.74) is 5.90. The van der Waals surface area contributed by atoms with Gasteiger partial charge in [-0.3, -0.25) is 15.2 Å². The highest BCUT2D eigenvalue weighted by atomic mass is 32.2. The maximum Gasteiger partial charge on any atom is 0.269 e. The van der Waals surface area contributed by atoms with Crippen molar-refractivity contribution in [1.82, 2.24) is 5.43 Å². The molecule has 3 nitrogen and oxygen atoms in total. The third kappa shape index (κ3) is 5.13. The Hall–Kier alpha value is -2.72. The van der Waals surface area contributed by atoms with Crippen molar-refractivity contribution in [2.24, 2.45) is 0 Å². The lowest BCUT2D eigenvalue weighted by Crippen LogP contribution is -2.42. The van der Waals surface area contributed by atoms with Gasteiger partial charge in [-0.1, -0.05) is 66.7 Å². The predicted molar refractivity (Wildman–Crippen MR) is 105 cm³/mol. The topological polar surface area (TPSA) is 32.3 Å². The van der Waals surface area contributed by atoms with Gasteiger partial charge in [-0.2, -0.15) is 0 Å². The van der Waals surface area contributed by atoms with E-state index in [1.165, 1.54) is 5.56 Å². The average Bonchev–Trinajstić information content (AvgIpc) is 2.69. The monoisotopic (exact) mass is 348 g/mol. The highest BCUT2D eigenvalue weighted by Crippen LogP contribution is 2.18. The van der Waals surface area contributed by atoms with E-state index in [2.05, 4.69) is 17.6 Å². The van der Waals surface area contributed by atoms with Gasteiger partial charge in [0.2, 0.25) is 0 Å². The van der Waals surface area contributed by atoms with Gasteiger partial charge < -0.3 is 0 Å². The number of nitrogens with one attached hydrogen (secondary N) is 1. The van der Waals surface area contributed by atoms with Gasteiger partial charge in [0.1, 0.15) is 0 Å². The van der Waals surface area contributed by atoms with Crippen LogP contribution >= 0.6 is 11.8 Å². The molecule has 3 aromatic rings. The van der Waals surface area contributed by atoms with Gasteiger partial charge in [0.15, 0.2) is 0 Å². The SMILES string of the molecule is O=C(NN(CSCc1ccccc1)c1ccccc1)c1ccccc1. The highest BCUT2D eigenvalue weighted by Gasteiger charge is 2.12. The predicted octanol–water partition coefficient (Wildman–Crippen LogP) is 4.73. The number of hydrogen-bond acceptors (Lipinski definition) is 3. The average molecular weight is 348 g/mol. The Kier molecular flexibility index (Phi) is 6.12. The van der Waals surface area contributed by atoms with Gasteiger partial charge in [0.25, 0.3) is 5.91 Å². The molecule has 0 saturated carbocycles. The van der Waals surface area contributed by atoms with E-state index in [1.54, 1.807) is 11.8 Å². The summed E-state index contributed by atoms with van der Waals surface area (Å²) in [6, 6.07) is 29.5. The molecule has 4 heteroatoms. The summed E-state index contributed by atoms with van der Waals surface area (Å²) in [5, 5.41) is 1.89. The molecule has 3 aromatic carbocycles.